The van der Waals surface area contributed by atoms with E-state index in [0.29, 0.717) is 10.8 Å². The number of hydrogen-bond acceptors (Lipinski definition) is 3. The highest BCUT2D eigenvalue weighted by molar-refractivity contribution is 7.80. The van der Waals surface area contributed by atoms with Crippen molar-refractivity contribution < 1.29 is 4.79 Å². The molecule has 5 heteroatoms. The van der Waals surface area contributed by atoms with Crippen LogP contribution in [0.5, 0.6) is 0 Å². The van der Waals surface area contributed by atoms with Crippen LogP contribution in [-0.4, -0.2) is 23.0 Å². The summed E-state index contributed by atoms with van der Waals surface area (Å²) in [6, 6.07) is 13.6. The van der Waals surface area contributed by atoms with Crippen LogP contribution in [0.1, 0.15) is 4.88 Å². The largest absolute Gasteiger partial charge is 0.286 e. The maximum absolute atomic E-state index is 12.4. The first kappa shape index (κ1) is 13.0. The van der Waals surface area contributed by atoms with Gasteiger partial charge in [0.15, 0.2) is 5.11 Å². The van der Waals surface area contributed by atoms with Gasteiger partial charge in [-0.1, -0.05) is 24.3 Å². The van der Waals surface area contributed by atoms with E-state index < -0.39 is 0 Å². The highest BCUT2D eigenvalue weighted by Gasteiger charge is 2.36. The van der Waals surface area contributed by atoms with E-state index >= 15 is 0 Å². The average molecular weight is 300 g/mol. The van der Waals surface area contributed by atoms with Gasteiger partial charge in [0.05, 0.1) is 0 Å². The normalized spacial score (nSPS) is 17.4. The van der Waals surface area contributed by atoms with Gasteiger partial charge in [-0.25, -0.2) is 0 Å². The van der Waals surface area contributed by atoms with Crippen LogP contribution in [0.25, 0.3) is 6.08 Å². The van der Waals surface area contributed by atoms with Gasteiger partial charge in [-0.3, -0.25) is 14.6 Å². The van der Waals surface area contributed by atoms with E-state index in [4.69, 9.17) is 12.2 Å². The molecule has 1 fully saturated rings. The fourth-order valence-electron chi connectivity index (χ4n) is 2.07. The number of likely N-dealkylation sites (N-methyl/N-ethyl adjacent to an activating group) is 1. The Morgan fingerprint density at radius 3 is 2.55 bits per heavy atom. The van der Waals surface area contributed by atoms with E-state index in [1.165, 1.54) is 4.90 Å². The zero-order valence-corrected chi connectivity index (χ0v) is 12.4. The zero-order valence-electron chi connectivity index (χ0n) is 10.8. The van der Waals surface area contributed by atoms with Gasteiger partial charge in [0.1, 0.15) is 5.70 Å². The summed E-state index contributed by atoms with van der Waals surface area (Å²) in [4.78, 5) is 16.7. The summed E-state index contributed by atoms with van der Waals surface area (Å²) in [6.45, 7) is 0. The number of carbonyl (C=O) groups excluding carboxylic acids is 1. The molecule has 1 aliphatic heterocycles. The quantitative estimate of drug-likeness (QED) is 0.628. The lowest BCUT2D eigenvalue weighted by atomic mass is 10.2. The van der Waals surface area contributed by atoms with Crippen LogP contribution in [0.15, 0.2) is 53.5 Å². The van der Waals surface area contributed by atoms with Gasteiger partial charge in [-0.05, 0) is 41.9 Å². The van der Waals surface area contributed by atoms with Gasteiger partial charge in [-0.2, -0.15) is 0 Å². The molecule has 3 rings (SSSR count). The highest BCUT2D eigenvalue weighted by Crippen LogP contribution is 2.29. The van der Waals surface area contributed by atoms with Crippen LogP contribution in [-0.2, 0) is 4.79 Å². The maximum Gasteiger partial charge on any atom is 0.276 e. The summed E-state index contributed by atoms with van der Waals surface area (Å²) in [7, 11) is 1.70. The van der Waals surface area contributed by atoms with Crippen molar-refractivity contribution in [1.29, 1.82) is 0 Å². The number of benzene rings is 1. The SMILES string of the molecule is CN1C(=O)C(=Cc2cccs2)N(c2ccccc2)C1=S. The Morgan fingerprint density at radius 2 is 1.90 bits per heavy atom. The molecular formula is C15H12N2OS2. The number of para-hydroxylation sites is 1. The first-order valence-corrected chi connectivity index (χ1v) is 7.39. The van der Waals surface area contributed by atoms with E-state index in [1.54, 1.807) is 18.4 Å². The first-order chi connectivity index (χ1) is 9.68. The number of nitrogens with zero attached hydrogens (tertiary/aromatic N) is 2. The molecule has 0 atom stereocenters. The fraction of sp³-hybridized carbons (Fsp3) is 0.0667. The Hall–Kier alpha value is -1.98. The van der Waals surface area contributed by atoms with Crippen LogP contribution in [0.2, 0.25) is 0 Å². The third-order valence-electron chi connectivity index (χ3n) is 3.08. The van der Waals surface area contributed by atoms with Crippen molar-refractivity contribution in [1.82, 2.24) is 4.90 Å². The van der Waals surface area contributed by atoms with Gasteiger partial charge < -0.3 is 0 Å². The predicted molar refractivity (Wildman–Crippen MR) is 86.6 cm³/mol. The molecule has 1 saturated heterocycles. The lowest BCUT2D eigenvalue weighted by Gasteiger charge is -2.18. The Morgan fingerprint density at radius 1 is 1.15 bits per heavy atom. The van der Waals surface area contributed by atoms with Crippen LogP contribution < -0.4 is 4.90 Å². The van der Waals surface area contributed by atoms with E-state index in [0.717, 1.165) is 10.6 Å². The smallest absolute Gasteiger partial charge is 0.276 e. The fourth-order valence-corrected chi connectivity index (χ4v) is 3.01. The Balaban J connectivity index is 2.10. The van der Waals surface area contributed by atoms with Crippen molar-refractivity contribution in [2.75, 3.05) is 11.9 Å². The molecule has 100 valence electrons. The van der Waals surface area contributed by atoms with Gasteiger partial charge >= 0.3 is 0 Å². The number of anilines is 1. The number of carbonyl (C=O) groups is 1. The van der Waals surface area contributed by atoms with Crippen molar-refractivity contribution in [3.05, 3.63) is 58.4 Å². The molecule has 0 saturated carbocycles. The summed E-state index contributed by atoms with van der Waals surface area (Å²) in [5.74, 6) is -0.0766. The summed E-state index contributed by atoms with van der Waals surface area (Å²) < 4.78 is 0. The minimum atomic E-state index is -0.0766. The molecular weight excluding hydrogens is 288 g/mol. The highest BCUT2D eigenvalue weighted by atomic mass is 32.1. The van der Waals surface area contributed by atoms with E-state index in [1.807, 2.05) is 58.8 Å². The lowest BCUT2D eigenvalue weighted by Crippen LogP contribution is -2.29. The average Bonchev–Trinajstić information content (AvgIpc) is 3.05. The van der Waals surface area contributed by atoms with E-state index in [-0.39, 0.29) is 5.91 Å². The second kappa shape index (κ2) is 5.19. The molecule has 20 heavy (non-hydrogen) atoms. The summed E-state index contributed by atoms with van der Waals surface area (Å²) in [5.41, 5.74) is 1.49. The van der Waals surface area contributed by atoms with Crippen molar-refractivity contribution in [2.45, 2.75) is 0 Å². The van der Waals surface area contributed by atoms with Gasteiger partial charge in [-0.15, -0.1) is 11.3 Å². The molecule has 1 amide bonds. The van der Waals surface area contributed by atoms with E-state index in [2.05, 4.69) is 0 Å². The first-order valence-electron chi connectivity index (χ1n) is 6.11. The Kier molecular flexibility index (Phi) is 3.38. The summed E-state index contributed by atoms with van der Waals surface area (Å²) in [6.07, 6.45) is 1.88. The molecule has 0 radical (unpaired) electrons. The third kappa shape index (κ3) is 2.15. The third-order valence-corrected chi connectivity index (χ3v) is 4.36. The van der Waals surface area contributed by atoms with Crippen molar-refractivity contribution in [3.8, 4) is 0 Å². The molecule has 1 aromatic heterocycles. The van der Waals surface area contributed by atoms with E-state index in [9.17, 15) is 4.79 Å². The van der Waals surface area contributed by atoms with Crippen molar-refractivity contribution >= 4 is 46.3 Å². The molecule has 1 aromatic carbocycles. The molecule has 2 aromatic rings. The number of hydrogen-bond donors (Lipinski definition) is 0. The number of amides is 1. The molecule has 0 N–H and O–H groups in total. The standard InChI is InChI=1S/C15H12N2OS2/c1-16-14(18)13(10-12-8-5-9-20-12)17(15(16)19)11-6-3-2-4-7-11/h2-10H,1H3. The van der Waals surface area contributed by atoms with Gasteiger partial charge in [0.25, 0.3) is 5.91 Å². The second-order valence-corrected chi connectivity index (χ2v) is 5.71. The topological polar surface area (TPSA) is 23.6 Å². The molecule has 0 bridgehead atoms. The van der Waals surface area contributed by atoms with Crippen LogP contribution in [0.4, 0.5) is 5.69 Å². The van der Waals surface area contributed by atoms with Crippen molar-refractivity contribution in [3.63, 3.8) is 0 Å². The van der Waals surface area contributed by atoms with Crippen LogP contribution in [0, 0.1) is 0 Å². The monoisotopic (exact) mass is 300 g/mol. The van der Waals surface area contributed by atoms with Gasteiger partial charge in [0.2, 0.25) is 0 Å². The Bertz CT molecular complexity index is 677. The lowest BCUT2D eigenvalue weighted by molar-refractivity contribution is -0.121. The minimum absolute atomic E-state index is 0.0766. The molecule has 0 aliphatic carbocycles. The van der Waals surface area contributed by atoms with Crippen LogP contribution in [0.3, 0.4) is 0 Å². The Labute approximate surface area is 126 Å². The maximum atomic E-state index is 12.4. The number of rotatable bonds is 2. The predicted octanol–water partition coefficient (Wildman–Crippen LogP) is 3.35. The summed E-state index contributed by atoms with van der Waals surface area (Å²) in [5, 5.41) is 2.49. The van der Waals surface area contributed by atoms with Crippen LogP contribution >= 0.6 is 23.6 Å². The molecule has 1 aliphatic rings. The molecule has 3 nitrogen and oxygen atoms in total. The minimum Gasteiger partial charge on any atom is -0.286 e. The zero-order chi connectivity index (χ0) is 14.1. The molecule has 0 unspecified atom stereocenters. The number of thiocarbonyl (C=S) groups is 1. The van der Waals surface area contributed by atoms with Crippen molar-refractivity contribution in [2.24, 2.45) is 0 Å². The number of thiophene rings is 1. The van der Waals surface area contributed by atoms with Gasteiger partial charge in [0, 0.05) is 17.6 Å². The molecule has 0 spiro atoms. The second-order valence-electron chi connectivity index (χ2n) is 4.36. The summed E-state index contributed by atoms with van der Waals surface area (Å²) >= 11 is 6.98. The molecule has 2 heterocycles.